The quantitative estimate of drug-likeness (QED) is 0.204. The maximum atomic E-state index is 13.0. The SMILES string of the molecule is CC[N+](C)(C)CC.C[N+](C)(CCN1C(=O)c2ccccc2C1=O)C(S(=O)(=O)C(F)(F)F)S(=O)(=O)C(F)(F)F.O=C1NC(=O)c2c1ccc(S(=O)(=O)C(F)(F)F)c2S(=O)(=O)C(F)(F)F. The number of hydrogen-bond acceptors (Lipinski definition) is 12. The van der Waals surface area contributed by atoms with E-state index in [-0.39, 0.29) is 17.2 Å². The molecular weight excluding hydrogens is 977 g/mol. The van der Waals surface area contributed by atoms with E-state index in [0.29, 0.717) is 25.1 Å². The molecule has 2 aliphatic rings. The highest BCUT2D eigenvalue weighted by Gasteiger charge is 2.69. The summed E-state index contributed by atoms with van der Waals surface area (Å²) in [7, 11) is -21.6. The van der Waals surface area contributed by atoms with Crippen LogP contribution in [0.2, 0.25) is 0 Å². The molecule has 0 unspecified atom stereocenters. The molecule has 32 heteroatoms. The van der Waals surface area contributed by atoms with E-state index in [4.69, 9.17) is 0 Å². The summed E-state index contributed by atoms with van der Waals surface area (Å²) in [6.07, 6.45) is 0. The molecule has 0 spiro atoms. The molecule has 0 radical (unpaired) electrons. The third-order valence-electron chi connectivity index (χ3n) is 9.23. The van der Waals surface area contributed by atoms with Crippen LogP contribution in [0.1, 0.15) is 55.3 Å². The molecule has 356 valence electrons. The number of carbonyl (C=O) groups is 4. The normalized spacial score (nSPS) is 15.6. The average molecular weight is 1010 g/mol. The van der Waals surface area contributed by atoms with Crippen LogP contribution in [0.5, 0.6) is 0 Å². The molecule has 0 atom stereocenters. The van der Waals surface area contributed by atoms with Crippen molar-refractivity contribution in [3.63, 3.8) is 0 Å². The van der Waals surface area contributed by atoms with E-state index in [1.165, 1.54) is 42.7 Å². The number of imide groups is 2. The van der Waals surface area contributed by atoms with Crippen LogP contribution in [0.15, 0.2) is 46.2 Å². The summed E-state index contributed by atoms with van der Waals surface area (Å²) in [4.78, 5) is 43.3. The van der Waals surface area contributed by atoms with Gasteiger partial charge in [-0.1, -0.05) is 12.1 Å². The highest BCUT2D eigenvalue weighted by Crippen LogP contribution is 2.43. The lowest BCUT2D eigenvalue weighted by Gasteiger charge is -2.37. The molecule has 2 aromatic carbocycles. The molecule has 16 nitrogen and oxygen atoms in total. The molecule has 2 aliphatic heterocycles. The lowest BCUT2D eigenvalue weighted by atomic mass is 10.1. The molecule has 4 rings (SSSR count). The third kappa shape index (κ3) is 10.6. The van der Waals surface area contributed by atoms with Gasteiger partial charge in [-0.25, -0.2) is 33.7 Å². The minimum Gasteiger partial charge on any atom is -0.329 e. The van der Waals surface area contributed by atoms with Gasteiger partial charge in [-0.2, -0.15) is 52.7 Å². The van der Waals surface area contributed by atoms with Crippen molar-refractivity contribution in [3.05, 3.63) is 58.7 Å². The first-order chi connectivity index (χ1) is 27.9. The average Bonchev–Trinajstić information content (AvgIpc) is 3.54. The Hall–Kier alpha value is -4.40. The minimum absolute atomic E-state index is 0.0693. The van der Waals surface area contributed by atoms with E-state index in [9.17, 15) is 106 Å². The lowest BCUT2D eigenvalue weighted by molar-refractivity contribution is -0.888. The summed E-state index contributed by atoms with van der Waals surface area (Å²) in [6, 6.07) is 5.54. The largest absolute Gasteiger partial charge is 0.504 e. The topological polar surface area (TPSA) is 220 Å². The Morgan fingerprint density at radius 1 is 0.571 bits per heavy atom. The van der Waals surface area contributed by atoms with Gasteiger partial charge in [0.2, 0.25) is 0 Å². The Balaban J connectivity index is 0.000000382. The van der Waals surface area contributed by atoms with E-state index < -0.39 is 128 Å². The van der Waals surface area contributed by atoms with Crippen LogP contribution in [-0.2, 0) is 39.3 Å². The van der Waals surface area contributed by atoms with Gasteiger partial charge in [-0.05, 0) is 38.1 Å². The Bertz CT molecular complexity index is 2540. The lowest BCUT2D eigenvalue weighted by Crippen LogP contribution is -2.63. The number of nitrogens with zero attached hydrogens (tertiary/aromatic N) is 3. The Labute approximate surface area is 350 Å². The second kappa shape index (κ2) is 17.5. The molecule has 0 fully saturated rings. The van der Waals surface area contributed by atoms with Crippen molar-refractivity contribution in [2.75, 3.05) is 54.4 Å². The smallest absolute Gasteiger partial charge is 0.329 e. The zero-order valence-electron chi connectivity index (χ0n) is 32.8. The number of nitrogens with one attached hydrogen (secondary N) is 1. The fourth-order valence-corrected chi connectivity index (χ4v) is 11.9. The summed E-state index contributed by atoms with van der Waals surface area (Å²) >= 11 is 0. The number of benzene rings is 2. The number of alkyl halides is 12. The van der Waals surface area contributed by atoms with Crippen molar-refractivity contribution in [3.8, 4) is 0 Å². The number of carbonyl (C=O) groups excluding carboxylic acids is 4. The maximum Gasteiger partial charge on any atom is 0.504 e. The molecule has 63 heavy (non-hydrogen) atoms. The number of sulfone groups is 4. The maximum absolute atomic E-state index is 13.0. The van der Waals surface area contributed by atoms with Crippen LogP contribution >= 0.6 is 0 Å². The van der Waals surface area contributed by atoms with Crippen LogP contribution < -0.4 is 5.32 Å². The molecule has 0 saturated heterocycles. The predicted octanol–water partition coefficient (Wildman–Crippen LogP) is 3.77. The van der Waals surface area contributed by atoms with Gasteiger partial charge in [-0.15, -0.1) is 0 Å². The van der Waals surface area contributed by atoms with Crippen LogP contribution in [0, 0.1) is 0 Å². The second-order valence-corrected chi connectivity index (χ2v) is 22.2. The summed E-state index contributed by atoms with van der Waals surface area (Å²) < 4.78 is 243. The van der Waals surface area contributed by atoms with Crippen molar-refractivity contribution in [1.82, 2.24) is 10.2 Å². The number of halogens is 12. The molecule has 4 amide bonds. The van der Waals surface area contributed by atoms with Crippen LogP contribution in [0.25, 0.3) is 0 Å². The summed E-state index contributed by atoms with van der Waals surface area (Å²) in [5, 5.41) is 1.38. The first-order valence-electron chi connectivity index (χ1n) is 16.8. The highest BCUT2D eigenvalue weighted by atomic mass is 32.3. The van der Waals surface area contributed by atoms with E-state index >= 15 is 0 Å². The molecule has 2 aromatic rings. The zero-order chi connectivity index (χ0) is 49.7. The van der Waals surface area contributed by atoms with Crippen LogP contribution in [0.4, 0.5) is 52.7 Å². The third-order valence-corrected chi connectivity index (χ3v) is 17.5. The Kier molecular flexibility index (Phi) is 15.2. The van der Waals surface area contributed by atoms with E-state index in [1.54, 1.807) is 0 Å². The number of likely N-dealkylation sites (N-methyl/N-ethyl adjacent to an activating group) is 1. The molecular formula is C31H34F12N4O12S4+2. The van der Waals surface area contributed by atoms with Crippen molar-refractivity contribution >= 4 is 63.0 Å². The molecule has 2 heterocycles. The summed E-state index contributed by atoms with van der Waals surface area (Å²) in [6.45, 7) is 5.01. The van der Waals surface area contributed by atoms with Crippen molar-refractivity contribution in [2.24, 2.45) is 0 Å². The Morgan fingerprint density at radius 3 is 1.30 bits per heavy atom. The molecule has 1 N–H and O–H groups in total. The summed E-state index contributed by atoms with van der Waals surface area (Å²) in [5.74, 6) is -4.99. The first-order valence-corrected chi connectivity index (χ1v) is 22.8. The summed E-state index contributed by atoms with van der Waals surface area (Å²) in [5.41, 5.74) is -27.8. The zero-order valence-corrected chi connectivity index (χ0v) is 36.0. The fraction of sp³-hybridized carbons (Fsp3) is 0.484. The number of fused-ring (bicyclic) bond motifs is 2. The van der Waals surface area contributed by atoms with Gasteiger partial charge in [-0.3, -0.25) is 33.9 Å². The molecule has 0 aromatic heterocycles. The monoisotopic (exact) mass is 1010 g/mol. The van der Waals surface area contributed by atoms with Crippen LogP contribution in [-0.4, -0.2) is 152 Å². The van der Waals surface area contributed by atoms with Crippen LogP contribution in [0.3, 0.4) is 0 Å². The predicted molar refractivity (Wildman–Crippen MR) is 190 cm³/mol. The van der Waals surface area contributed by atoms with Gasteiger partial charge in [0.15, 0.2) is 0 Å². The molecule has 0 bridgehead atoms. The van der Waals surface area contributed by atoms with E-state index in [0.717, 1.165) is 4.48 Å². The van der Waals surface area contributed by atoms with Crippen molar-refractivity contribution in [2.45, 2.75) is 50.4 Å². The second-order valence-electron chi connectivity index (χ2n) is 14.2. The van der Waals surface area contributed by atoms with Gasteiger partial charge < -0.3 is 4.48 Å². The van der Waals surface area contributed by atoms with Gasteiger partial charge in [0.25, 0.3) is 43.3 Å². The number of rotatable bonds is 10. The molecule has 0 aliphatic carbocycles. The number of hydrogen-bond donors (Lipinski definition) is 1. The first kappa shape index (κ1) is 54.7. The highest BCUT2D eigenvalue weighted by molar-refractivity contribution is 8.09. The molecule has 0 saturated carbocycles. The van der Waals surface area contributed by atoms with E-state index in [2.05, 4.69) is 27.9 Å². The standard InChI is InChI=1S/C15H15F6N2O6S2.C10H3F6NO6S2.C6H16N/c1-23(2,8-7-22-11(24)9-5-3-4-6-10(9)12(22)25)13(30(26,27)14(16,17)18)31(28,29)15(19,20)21;11-9(12,13)24(20,21)4-2-1-3-5(8(19)17-7(3)18)6(4)25(22,23)10(14,15)16;1-5-7(3,4)6-2/h3-6,13H,7-8H2,1-2H3;1-2H,(H,17,18,19);5-6H2,1-4H3/q+1;;+1. The fourth-order valence-electron chi connectivity index (χ4n) is 5.21. The van der Waals surface area contributed by atoms with Gasteiger partial charge >= 0.3 is 46.4 Å². The van der Waals surface area contributed by atoms with Gasteiger partial charge in [0.1, 0.15) is 4.90 Å². The van der Waals surface area contributed by atoms with E-state index in [1.807, 2.05) is 0 Å². The van der Waals surface area contributed by atoms with Gasteiger partial charge in [0.05, 0.1) is 81.5 Å². The van der Waals surface area contributed by atoms with Gasteiger partial charge in [0, 0.05) is 0 Å². The number of quaternary nitrogens is 2. The minimum atomic E-state index is -6.89. The van der Waals surface area contributed by atoms with Crippen molar-refractivity contribution < 1.29 is 115 Å². The Morgan fingerprint density at radius 2 is 0.968 bits per heavy atom. The van der Waals surface area contributed by atoms with Crippen molar-refractivity contribution in [1.29, 1.82) is 0 Å². The number of amides is 4.